The number of amides is 1. The number of rotatable bonds is 1. The summed E-state index contributed by atoms with van der Waals surface area (Å²) in [5.41, 5.74) is 1.51. The summed E-state index contributed by atoms with van der Waals surface area (Å²) in [6, 6.07) is 5.69. The summed E-state index contributed by atoms with van der Waals surface area (Å²) in [7, 11) is 1.64. The molecule has 1 spiro atoms. The second kappa shape index (κ2) is 3.65. The molecule has 1 amide bonds. The zero-order chi connectivity index (χ0) is 11.9. The molecular formula is C13H16N2O2. The SMILES string of the molecule is COc1cccc2c1NCC1(CCC1)C(=O)N2. The normalized spacial score (nSPS) is 20.6. The first-order chi connectivity index (χ1) is 8.25. The second-order valence-corrected chi connectivity index (χ2v) is 4.82. The highest BCUT2D eigenvalue weighted by Gasteiger charge is 2.45. The summed E-state index contributed by atoms with van der Waals surface area (Å²) in [5, 5.41) is 6.37. The van der Waals surface area contributed by atoms with Crippen LogP contribution in [0, 0.1) is 5.41 Å². The maximum atomic E-state index is 12.2. The fourth-order valence-electron chi connectivity index (χ4n) is 2.59. The Labute approximate surface area is 100 Å². The molecule has 4 heteroatoms. The summed E-state index contributed by atoms with van der Waals surface area (Å²) in [6.45, 7) is 0.701. The number of fused-ring (bicyclic) bond motifs is 1. The molecule has 17 heavy (non-hydrogen) atoms. The van der Waals surface area contributed by atoms with E-state index < -0.39 is 0 Å². The number of carbonyl (C=O) groups excluding carboxylic acids is 1. The van der Waals surface area contributed by atoms with E-state index >= 15 is 0 Å². The number of hydrogen-bond acceptors (Lipinski definition) is 3. The van der Waals surface area contributed by atoms with E-state index in [-0.39, 0.29) is 11.3 Å². The molecule has 0 atom stereocenters. The molecule has 0 unspecified atom stereocenters. The molecule has 1 fully saturated rings. The highest BCUT2D eigenvalue weighted by atomic mass is 16.5. The van der Waals surface area contributed by atoms with Crippen LogP contribution in [-0.2, 0) is 4.79 Å². The molecule has 1 aromatic rings. The predicted molar refractivity (Wildman–Crippen MR) is 66.4 cm³/mol. The fourth-order valence-corrected chi connectivity index (χ4v) is 2.59. The lowest BCUT2D eigenvalue weighted by atomic mass is 9.68. The van der Waals surface area contributed by atoms with Crippen LogP contribution in [0.2, 0.25) is 0 Å². The zero-order valence-electron chi connectivity index (χ0n) is 9.88. The minimum absolute atomic E-state index is 0.142. The number of anilines is 2. The number of benzene rings is 1. The molecule has 1 saturated carbocycles. The van der Waals surface area contributed by atoms with Gasteiger partial charge in [-0.05, 0) is 25.0 Å². The third-order valence-electron chi connectivity index (χ3n) is 3.89. The van der Waals surface area contributed by atoms with Gasteiger partial charge in [-0.3, -0.25) is 4.79 Å². The molecular weight excluding hydrogens is 216 g/mol. The first-order valence-electron chi connectivity index (χ1n) is 5.97. The van der Waals surface area contributed by atoms with Crippen molar-refractivity contribution < 1.29 is 9.53 Å². The lowest BCUT2D eigenvalue weighted by Crippen LogP contribution is -2.45. The maximum absolute atomic E-state index is 12.2. The van der Waals surface area contributed by atoms with Crippen LogP contribution < -0.4 is 15.4 Å². The van der Waals surface area contributed by atoms with E-state index in [0.717, 1.165) is 36.4 Å². The van der Waals surface area contributed by atoms with Crippen LogP contribution in [0.1, 0.15) is 19.3 Å². The van der Waals surface area contributed by atoms with Gasteiger partial charge in [0.2, 0.25) is 5.91 Å². The molecule has 0 bridgehead atoms. The van der Waals surface area contributed by atoms with Gasteiger partial charge in [0, 0.05) is 6.54 Å². The van der Waals surface area contributed by atoms with Gasteiger partial charge < -0.3 is 15.4 Å². The number of hydrogen-bond donors (Lipinski definition) is 2. The summed E-state index contributed by atoms with van der Waals surface area (Å²) >= 11 is 0. The Balaban J connectivity index is 1.99. The molecule has 0 aromatic heterocycles. The van der Waals surface area contributed by atoms with E-state index in [1.54, 1.807) is 7.11 Å². The molecule has 2 aliphatic rings. The van der Waals surface area contributed by atoms with Gasteiger partial charge in [0.1, 0.15) is 11.4 Å². The van der Waals surface area contributed by atoms with Crippen LogP contribution in [0.3, 0.4) is 0 Å². The van der Waals surface area contributed by atoms with Crippen molar-refractivity contribution in [2.24, 2.45) is 5.41 Å². The van der Waals surface area contributed by atoms with Gasteiger partial charge in [0.15, 0.2) is 0 Å². The first-order valence-corrected chi connectivity index (χ1v) is 5.97. The van der Waals surface area contributed by atoms with Gasteiger partial charge in [-0.1, -0.05) is 12.5 Å². The average molecular weight is 232 g/mol. The van der Waals surface area contributed by atoms with Gasteiger partial charge in [-0.2, -0.15) is 0 Å². The third kappa shape index (κ3) is 1.47. The number of ether oxygens (including phenoxy) is 1. The van der Waals surface area contributed by atoms with Gasteiger partial charge in [-0.25, -0.2) is 0 Å². The summed E-state index contributed by atoms with van der Waals surface area (Å²) in [6.07, 6.45) is 3.09. The minimum atomic E-state index is -0.204. The average Bonchev–Trinajstić information content (AvgIpc) is 2.43. The predicted octanol–water partition coefficient (Wildman–Crippen LogP) is 2.23. The van der Waals surface area contributed by atoms with Crippen molar-refractivity contribution in [3.8, 4) is 5.75 Å². The summed E-state index contributed by atoms with van der Waals surface area (Å²) in [4.78, 5) is 12.2. The molecule has 1 aromatic carbocycles. The molecule has 90 valence electrons. The Morgan fingerprint density at radius 2 is 2.18 bits per heavy atom. The molecule has 1 aliphatic carbocycles. The molecule has 1 heterocycles. The fraction of sp³-hybridized carbons (Fsp3) is 0.462. The highest BCUT2D eigenvalue weighted by Crippen LogP contribution is 2.46. The van der Waals surface area contributed by atoms with Gasteiger partial charge in [-0.15, -0.1) is 0 Å². The number of methoxy groups -OCH3 is 1. The third-order valence-corrected chi connectivity index (χ3v) is 3.89. The molecule has 1 aliphatic heterocycles. The van der Waals surface area contributed by atoms with Gasteiger partial charge >= 0.3 is 0 Å². The highest BCUT2D eigenvalue weighted by molar-refractivity contribution is 6.01. The van der Waals surface area contributed by atoms with Crippen LogP contribution in [0.25, 0.3) is 0 Å². The van der Waals surface area contributed by atoms with Crippen LogP contribution in [0.4, 0.5) is 11.4 Å². The van der Waals surface area contributed by atoms with Crippen molar-refractivity contribution in [3.05, 3.63) is 18.2 Å². The van der Waals surface area contributed by atoms with Crippen molar-refractivity contribution in [2.75, 3.05) is 24.3 Å². The monoisotopic (exact) mass is 232 g/mol. The lowest BCUT2D eigenvalue weighted by molar-refractivity contribution is -0.129. The Kier molecular flexibility index (Phi) is 2.24. The number of nitrogens with one attached hydrogen (secondary N) is 2. The molecule has 2 N–H and O–H groups in total. The molecule has 0 saturated heterocycles. The molecule has 3 rings (SSSR count). The maximum Gasteiger partial charge on any atom is 0.232 e. The van der Waals surface area contributed by atoms with Crippen LogP contribution in [0.15, 0.2) is 18.2 Å². The molecule has 4 nitrogen and oxygen atoms in total. The number of para-hydroxylation sites is 1. The number of carbonyl (C=O) groups is 1. The standard InChI is InChI=1S/C13H16N2O2/c1-17-10-5-2-4-9-11(10)14-8-13(6-3-7-13)12(16)15-9/h2,4-5,14H,3,6-8H2,1H3,(H,15,16). The van der Waals surface area contributed by atoms with Crippen LogP contribution in [0.5, 0.6) is 5.75 Å². The van der Waals surface area contributed by atoms with Crippen molar-refractivity contribution in [2.45, 2.75) is 19.3 Å². The van der Waals surface area contributed by atoms with E-state index in [0.29, 0.717) is 6.54 Å². The largest absolute Gasteiger partial charge is 0.495 e. The Bertz CT molecular complexity index is 466. The second-order valence-electron chi connectivity index (χ2n) is 4.82. The first kappa shape index (κ1) is 10.4. The van der Waals surface area contributed by atoms with Crippen molar-refractivity contribution in [1.29, 1.82) is 0 Å². The van der Waals surface area contributed by atoms with E-state index in [9.17, 15) is 4.79 Å². The Hall–Kier alpha value is -1.71. The summed E-state index contributed by atoms with van der Waals surface area (Å²) < 4.78 is 5.31. The lowest BCUT2D eigenvalue weighted by Gasteiger charge is -2.38. The van der Waals surface area contributed by atoms with E-state index in [4.69, 9.17) is 4.74 Å². The van der Waals surface area contributed by atoms with Crippen molar-refractivity contribution in [3.63, 3.8) is 0 Å². The summed E-state index contributed by atoms with van der Waals surface area (Å²) in [5.74, 6) is 0.919. The molecule has 0 radical (unpaired) electrons. The van der Waals surface area contributed by atoms with E-state index in [2.05, 4.69) is 10.6 Å². The topological polar surface area (TPSA) is 50.4 Å². The smallest absolute Gasteiger partial charge is 0.232 e. The Morgan fingerprint density at radius 1 is 1.35 bits per heavy atom. The zero-order valence-corrected chi connectivity index (χ0v) is 9.88. The van der Waals surface area contributed by atoms with E-state index in [1.165, 1.54) is 0 Å². The minimum Gasteiger partial charge on any atom is -0.495 e. The van der Waals surface area contributed by atoms with Gasteiger partial charge in [0.05, 0.1) is 18.2 Å². The van der Waals surface area contributed by atoms with Gasteiger partial charge in [0.25, 0.3) is 0 Å². The van der Waals surface area contributed by atoms with Crippen LogP contribution >= 0.6 is 0 Å². The quantitative estimate of drug-likeness (QED) is 0.780. The van der Waals surface area contributed by atoms with E-state index in [1.807, 2.05) is 18.2 Å². The van der Waals surface area contributed by atoms with Crippen molar-refractivity contribution in [1.82, 2.24) is 0 Å². The van der Waals surface area contributed by atoms with Crippen molar-refractivity contribution >= 4 is 17.3 Å². The van der Waals surface area contributed by atoms with Crippen LogP contribution in [-0.4, -0.2) is 19.6 Å². The Morgan fingerprint density at radius 3 is 2.82 bits per heavy atom.